The van der Waals surface area contributed by atoms with Crippen LogP contribution in [0.3, 0.4) is 0 Å². The van der Waals surface area contributed by atoms with Crippen LogP contribution in [-0.2, 0) is 6.42 Å². The molecular formula is C26H34S. The molecule has 0 heterocycles. The Balaban J connectivity index is 2.36. The van der Waals surface area contributed by atoms with Crippen LogP contribution in [0, 0.1) is 6.92 Å². The van der Waals surface area contributed by atoms with E-state index in [2.05, 4.69) is 89.2 Å². The van der Waals surface area contributed by atoms with Gasteiger partial charge in [0, 0.05) is 6.42 Å². The van der Waals surface area contributed by atoms with Crippen LogP contribution < -0.4 is 0 Å². The topological polar surface area (TPSA) is 0 Å². The van der Waals surface area contributed by atoms with E-state index < -0.39 is 0 Å². The van der Waals surface area contributed by atoms with Crippen LogP contribution in [0.4, 0.5) is 0 Å². The summed E-state index contributed by atoms with van der Waals surface area (Å²) >= 11 is 2.03. The average Bonchev–Trinajstić information content (AvgIpc) is 2.69. The molecule has 0 aliphatic heterocycles. The lowest BCUT2D eigenvalue weighted by Crippen LogP contribution is -1.95. The van der Waals surface area contributed by atoms with Crippen molar-refractivity contribution in [3.8, 4) is 0 Å². The summed E-state index contributed by atoms with van der Waals surface area (Å²) in [5, 5.41) is 0. The summed E-state index contributed by atoms with van der Waals surface area (Å²) in [5.41, 5.74) is 7.04. The van der Waals surface area contributed by atoms with Crippen molar-refractivity contribution in [2.45, 2.75) is 66.7 Å². The van der Waals surface area contributed by atoms with Gasteiger partial charge in [-0.25, -0.2) is 0 Å². The van der Waals surface area contributed by atoms with Gasteiger partial charge in [-0.2, -0.15) is 0 Å². The highest BCUT2D eigenvalue weighted by molar-refractivity contribution is 8.06. The Morgan fingerprint density at radius 1 is 0.889 bits per heavy atom. The summed E-state index contributed by atoms with van der Waals surface area (Å²) in [7, 11) is 0. The molecule has 0 atom stereocenters. The molecule has 0 aliphatic rings. The standard InChI is InChI=1S/C26H34S/c1-6-8-17-25(22(5)24-15-10-9-11-16-24)27-26(21(4)7-2)19-23-14-12-13-20(3)18-23/h9-16,18H,6-8,17,19H2,1-5H3/b25-22+,26-21+. The minimum Gasteiger partial charge on any atom is -0.0984 e. The second kappa shape index (κ2) is 11.2. The third kappa shape index (κ3) is 6.74. The minimum absolute atomic E-state index is 1.03. The fourth-order valence-corrected chi connectivity index (χ4v) is 4.50. The van der Waals surface area contributed by atoms with Crippen molar-refractivity contribution < 1.29 is 0 Å². The van der Waals surface area contributed by atoms with Gasteiger partial charge in [0.1, 0.15) is 0 Å². The lowest BCUT2D eigenvalue weighted by atomic mass is 10.1. The first-order chi connectivity index (χ1) is 13.0. The molecule has 0 unspecified atom stereocenters. The highest BCUT2D eigenvalue weighted by atomic mass is 32.2. The fraction of sp³-hybridized carbons (Fsp3) is 0.385. The molecule has 0 fully saturated rings. The van der Waals surface area contributed by atoms with Crippen LogP contribution in [0.1, 0.15) is 70.1 Å². The molecule has 2 aromatic carbocycles. The van der Waals surface area contributed by atoms with E-state index in [0.717, 1.165) is 19.3 Å². The van der Waals surface area contributed by atoms with Gasteiger partial charge in [0.25, 0.3) is 0 Å². The van der Waals surface area contributed by atoms with E-state index in [1.165, 1.54) is 50.5 Å². The molecule has 0 radical (unpaired) electrons. The summed E-state index contributed by atoms with van der Waals surface area (Å²) < 4.78 is 0. The SMILES string of the molecule is CCCC/C(S/C(Cc1cccc(C)c1)=C(\C)CC)=C(/C)c1ccccc1. The first-order valence-corrected chi connectivity index (χ1v) is 11.0. The first-order valence-electron chi connectivity index (χ1n) is 10.2. The summed E-state index contributed by atoms with van der Waals surface area (Å²) in [6.07, 6.45) is 5.78. The maximum atomic E-state index is 2.32. The van der Waals surface area contributed by atoms with Crippen molar-refractivity contribution in [3.63, 3.8) is 0 Å². The van der Waals surface area contributed by atoms with E-state index in [1.807, 2.05) is 11.8 Å². The molecule has 27 heavy (non-hydrogen) atoms. The van der Waals surface area contributed by atoms with Crippen molar-refractivity contribution in [3.05, 3.63) is 86.7 Å². The number of aryl methyl sites for hydroxylation is 1. The Morgan fingerprint density at radius 2 is 1.63 bits per heavy atom. The molecule has 144 valence electrons. The zero-order chi connectivity index (χ0) is 19.6. The summed E-state index contributed by atoms with van der Waals surface area (Å²) in [5.74, 6) is 0. The Hall–Kier alpha value is -1.73. The summed E-state index contributed by atoms with van der Waals surface area (Å²) in [4.78, 5) is 3.04. The third-order valence-electron chi connectivity index (χ3n) is 5.08. The Kier molecular flexibility index (Phi) is 8.94. The molecular weight excluding hydrogens is 344 g/mol. The van der Waals surface area contributed by atoms with E-state index in [-0.39, 0.29) is 0 Å². The molecule has 1 heteroatoms. The monoisotopic (exact) mass is 378 g/mol. The summed E-state index contributed by atoms with van der Waals surface area (Å²) in [6, 6.07) is 19.8. The van der Waals surface area contributed by atoms with Gasteiger partial charge in [-0.3, -0.25) is 0 Å². The molecule has 0 saturated heterocycles. The maximum Gasteiger partial charge on any atom is 0.00374 e. The van der Waals surface area contributed by atoms with Gasteiger partial charge in [0.2, 0.25) is 0 Å². The van der Waals surface area contributed by atoms with E-state index in [4.69, 9.17) is 0 Å². The molecule has 0 spiro atoms. The number of benzene rings is 2. The lowest BCUT2D eigenvalue weighted by Gasteiger charge is -2.17. The molecule has 0 aliphatic carbocycles. The third-order valence-corrected chi connectivity index (χ3v) is 6.58. The van der Waals surface area contributed by atoms with Gasteiger partial charge in [0.15, 0.2) is 0 Å². The molecule has 2 aromatic rings. The predicted octanol–water partition coefficient (Wildman–Crippen LogP) is 8.58. The van der Waals surface area contributed by atoms with E-state index in [0.29, 0.717) is 0 Å². The quantitative estimate of drug-likeness (QED) is 0.421. The Bertz CT molecular complexity index is 781. The van der Waals surface area contributed by atoms with Gasteiger partial charge in [-0.15, -0.1) is 0 Å². The van der Waals surface area contributed by atoms with Crippen molar-refractivity contribution in [1.82, 2.24) is 0 Å². The van der Waals surface area contributed by atoms with Crippen LogP contribution in [0.25, 0.3) is 5.57 Å². The van der Waals surface area contributed by atoms with Crippen LogP contribution in [0.15, 0.2) is 70.0 Å². The molecule has 0 bridgehead atoms. The van der Waals surface area contributed by atoms with Crippen LogP contribution in [0.5, 0.6) is 0 Å². The average molecular weight is 379 g/mol. The van der Waals surface area contributed by atoms with Crippen molar-refractivity contribution in [2.24, 2.45) is 0 Å². The summed E-state index contributed by atoms with van der Waals surface area (Å²) in [6.45, 7) is 11.3. The molecule has 0 aromatic heterocycles. The molecule has 2 rings (SSSR count). The zero-order valence-corrected chi connectivity index (χ0v) is 18.5. The number of hydrogen-bond acceptors (Lipinski definition) is 1. The van der Waals surface area contributed by atoms with Crippen LogP contribution in [0.2, 0.25) is 0 Å². The van der Waals surface area contributed by atoms with Crippen molar-refractivity contribution >= 4 is 17.3 Å². The van der Waals surface area contributed by atoms with Gasteiger partial charge >= 0.3 is 0 Å². The van der Waals surface area contributed by atoms with E-state index >= 15 is 0 Å². The Morgan fingerprint density at radius 3 is 2.26 bits per heavy atom. The number of hydrogen-bond donors (Lipinski definition) is 0. The molecule has 0 nitrogen and oxygen atoms in total. The van der Waals surface area contributed by atoms with E-state index in [1.54, 1.807) is 0 Å². The number of thioether (sulfide) groups is 1. The number of rotatable bonds is 9. The largest absolute Gasteiger partial charge is 0.0984 e. The Labute approximate surface area is 170 Å². The van der Waals surface area contributed by atoms with Crippen molar-refractivity contribution in [1.29, 1.82) is 0 Å². The van der Waals surface area contributed by atoms with E-state index in [9.17, 15) is 0 Å². The number of unbranched alkanes of at least 4 members (excludes halogenated alkanes) is 1. The first kappa shape index (κ1) is 21.6. The minimum atomic E-state index is 1.03. The maximum absolute atomic E-state index is 2.32. The lowest BCUT2D eigenvalue weighted by molar-refractivity contribution is 0.809. The van der Waals surface area contributed by atoms with Gasteiger partial charge in [0.05, 0.1) is 0 Å². The highest BCUT2D eigenvalue weighted by Gasteiger charge is 2.12. The number of allylic oxidation sites excluding steroid dienone is 4. The van der Waals surface area contributed by atoms with Gasteiger partial charge in [-0.1, -0.05) is 97.8 Å². The normalized spacial score (nSPS) is 13.2. The van der Waals surface area contributed by atoms with Crippen LogP contribution >= 0.6 is 11.8 Å². The molecule has 0 amide bonds. The second-order valence-corrected chi connectivity index (χ2v) is 8.53. The van der Waals surface area contributed by atoms with Crippen LogP contribution in [-0.4, -0.2) is 0 Å². The highest BCUT2D eigenvalue weighted by Crippen LogP contribution is 2.38. The zero-order valence-electron chi connectivity index (χ0n) is 17.6. The second-order valence-electron chi connectivity index (χ2n) is 7.34. The smallest absolute Gasteiger partial charge is 0.00374 e. The predicted molar refractivity (Wildman–Crippen MR) is 124 cm³/mol. The molecule has 0 saturated carbocycles. The fourth-order valence-electron chi connectivity index (χ4n) is 3.13. The van der Waals surface area contributed by atoms with Gasteiger partial charge < -0.3 is 0 Å². The molecule has 0 N–H and O–H groups in total. The van der Waals surface area contributed by atoms with Gasteiger partial charge in [-0.05, 0) is 66.5 Å². The van der Waals surface area contributed by atoms with Crippen molar-refractivity contribution in [2.75, 3.05) is 0 Å².